The van der Waals surface area contributed by atoms with E-state index in [0.717, 1.165) is 10.7 Å². The van der Waals surface area contributed by atoms with Gasteiger partial charge in [0.05, 0.1) is 22.9 Å². The Morgan fingerprint density at radius 3 is 2.44 bits per heavy atom. The third-order valence-corrected chi connectivity index (χ3v) is 6.27. The highest BCUT2D eigenvalue weighted by atomic mass is 127. The number of benzene rings is 1. The van der Waals surface area contributed by atoms with Gasteiger partial charge in [0.25, 0.3) is 0 Å². The van der Waals surface area contributed by atoms with Crippen LogP contribution in [-0.2, 0) is 16.4 Å². The van der Waals surface area contributed by atoms with Gasteiger partial charge in [0, 0.05) is 18.5 Å². The first-order valence-electron chi connectivity index (χ1n) is 7.57. The molecule has 25 heavy (non-hydrogen) atoms. The van der Waals surface area contributed by atoms with Gasteiger partial charge in [-0.05, 0) is 26.0 Å². The van der Waals surface area contributed by atoms with Crippen LogP contribution in [-0.4, -0.2) is 38.7 Å². The monoisotopic (exact) mass is 494 g/mol. The Hall–Kier alpha value is -1.20. The maximum Gasteiger partial charge on any atom is 0.191 e. The molecule has 0 bridgehead atoms. The molecule has 0 spiro atoms. The highest BCUT2D eigenvalue weighted by molar-refractivity contribution is 14.0. The van der Waals surface area contributed by atoms with Gasteiger partial charge in [-0.2, -0.15) is 0 Å². The van der Waals surface area contributed by atoms with Crippen LogP contribution in [0.15, 0.2) is 40.2 Å². The second-order valence-corrected chi connectivity index (χ2v) is 8.63. The zero-order chi connectivity index (χ0) is 17.6. The summed E-state index contributed by atoms with van der Waals surface area (Å²) in [7, 11) is -1.64. The van der Waals surface area contributed by atoms with E-state index < -0.39 is 9.84 Å². The lowest BCUT2D eigenvalue weighted by Gasteiger charge is -2.11. The van der Waals surface area contributed by atoms with E-state index in [4.69, 9.17) is 0 Å². The van der Waals surface area contributed by atoms with Crippen LogP contribution in [0.2, 0.25) is 0 Å². The third kappa shape index (κ3) is 6.55. The molecule has 0 aliphatic heterocycles. The van der Waals surface area contributed by atoms with Gasteiger partial charge in [-0.1, -0.05) is 18.2 Å². The summed E-state index contributed by atoms with van der Waals surface area (Å²) in [6.07, 6.45) is 0. The average Bonchev–Trinajstić information content (AvgIpc) is 2.89. The van der Waals surface area contributed by atoms with E-state index in [1.165, 1.54) is 4.88 Å². The first-order valence-corrected chi connectivity index (χ1v) is 10.0. The molecule has 0 aliphatic carbocycles. The van der Waals surface area contributed by atoms with Crippen LogP contribution in [0.25, 0.3) is 0 Å². The van der Waals surface area contributed by atoms with Crippen molar-refractivity contribution in [2.45, 2.75) is 25.3 Å². The number of nitrogens with zero attached hydrogens (tertiary/aromatic N) is 2. The summed E-state index contributed by atoms with van der Waals surface area (Å²) in [5.74, 6) is 0.566. The predicted molar refractivity (Wildman–Crippen MR) is 114 cm³/mol. The Morgan fingerprint density at radius 2 is 1.88 bits per heavy atom. The predicted octanol–water partition coefficient (Wildman–Crippen LogP) is 2.52. The third-order valence-electron chi connectivity index (χ3n) is 3.47. The SMILES string of the molecule is CN=C(NCCS(=O)(=O)c1ccccc1)NCc1nc(C)c(C)s1.I. The van der Waals surface area contributed by atoms with E-state index in [-0.39, 0.29) is 36.3 Å². The zero-order valence-electron chi connectivity index (χ0n) is 14.4. The number of rotatable bonds is 6. The Balaban J connectivity index is 0.00000312. The number of guanidine groups is 1. The molecule has 0 unspecified atom stereocenters. The van der Waals surface area contributed by atoms with Crippen molar-refractivity contribution < 1.29 is 8.42 Å². The van der Waals surface area contributed by atoms with Crippen molar-refractivity contribution in [2.24, 2.45) is 4.99 Å². The maximum absolute atomic E-state index is 12.2. The average molecular weight is 494 g/mol. The fraction of sp³-hybridized carbons (Fsp3) is 0.375. The fourth-order valence-electron chi connectivity index (χ4n) is 2.04. The van der Waals surface area contributed by atoms with Gasteiger partial charge in [0.2, 0.25) is 0 Å². The van der Waals surface area contributed by atoms with Crippen molar-refractivity contribution in [1.82, 2.24) is 15.6 Å². The number of halogens is 1. The number of thiazole rings is 1. The summed E-state index contributed by atoms with van der Waals surface area (Å²) in [6, 6.07) is 8.45. The smallest absolute Gasteiger partial charge is 0.191 e. The summed E-state index contributed by atoms with van der Waals surface area (Å²) in [6.45, 7) is 4.87. The number of nitrogens with one attached hydrogen (secondary N) is 2. The minimum atomic E-state index is -3.29. The van der Waals surface area contributed by atoms with Gasteiger partial charge in [-0.15, -0.1) is 35.3 Å². The Bertz CT molecular complexity index is 785. The van der Waals surface area contributed by atoms with Gasteiger partial charge in [-0.25, -0.2) is 13.4 Å². The molecule has 138 valence electrons. The standard InChI is InChI=1S/C16H22N4O2S2.HI/c1-12-13(2)23-15(20-12)11-19-16(17-3)18-9-10-24(21,22)14-7-5-4-6-8-14;/h4-8H,9-11H2,1-3H3,(H2,17,18,19);1H. The quantitative estimate of drug-likeness (QED) is 0.367. The second kappa shape index (κ2) is 10.1. The molecule has 0 saturated heterocycles. The van der Waals surface area contributed by atoms with Crippen molar-refractivity contribution in [3.05, 3.63) is 45.9 Å². The van der Waals surface area contributed by atoms with Crippen LogP contribution in [0, 0.1) is 13.8 Å². The second-order valence-electron chi connectivity index (χ2n) is 5.23. The van der Waals surface area contributed by atoms with E-state index >= 15 is 0 Å². The van der Waals surface area contributed by atoms with E-state index in [2.05, 4.69) is 20.6 Å². The molecular formula is C16H23IN4O2S2. The normalized spacial score (nSPS) is 11.7. The lowest BCUT2D eigenvalue weighted by atomic mass is 10.4. The van der Waals surface area contributed by atoms with Crippen molar-refractivity contribution >= 4 is 51.1 Å². The Morgan fingerprint density at radius 1 is 1.20 bits per heavy atom. The molecule has 0 amide bonds. The van der Waals surface area contributed by atoms with E-state index in [1.54, 1.807) is 48.7 Å². The van der Waals surface area contributed by atoms with Crippen molar-refractivity contribution in [1.29, 1.82) is 0 Å². The Kier molecular flexibility index (Phi) is 8.80. The molecule has 2 N–H and O–H groups in total. The van der Waals surface area contributed by atoms with Crippen LogP contribution >= 0.6 is 35.3 Å². The van der Waals surface area contributed by atoms with Crippen LogP contribution in [0.3, 0.4) is 0 Å². The number of aliphatic imine (C=N–C) groups is 1. The van der Waals surface area contributed by atoms with E-state index in [9.17, 15) is 8.42 Å². The molecular weight excluding hydrogens is 471 g/mol. The molecule has 2 aromatic rings. The van der Waals surface area contributed by atoms with Crippen LogP contribution < -0.4 is 10.6 Å². The first kappa shape index (κ1) is 21.8. The van der Waals surface area contributed by atoms with Crippen molar-refractivity contribution in [3.8, 4) is 0 Å². The molecule has 0 radical (unpaired) electrons. The van der Waals surface area contributed by atoms with Crippen LogP contribution in [0.1, 0.15) is 15.6 Å². The van der Waals surface area contributed by atoms with Crippen molar-refractivity contribution in [3.63, 3.8) is 0 Å². The largest absolute Gasteiger partial charge is 0.355 e. The number of aryl methyl sites for hydroxylation is 2. The molecule has 1 heterocycles. The van der Waals surface area contributed by atoms with Gasteiger partial charge in [-0.3, -0.25) is 4.99 Å². The molecule has 0 fully saturated rings. The zero-order valence-corrected chi connectivity index (χ0v) is 18.4. The summed E-state index contributed by atoms with van der Waals surface area (Å²) >= 11 is 1.64. The van der Waals surface area contributed by atoms with Crippen LogP contribution in [0.4, 0.5) is 0 Å². The van der Waals surface area contributed by atoms with Crippen molar-refractivity contribution in [2.75, 3.05) is 19.3 Å². The van der Waals surface area contributed by atoms with E-state index in [1.807, 2.05) is 13.8 Å². The van der Waals surface area contributed by atoms with Gasteiger partial charge >= 0.3 is 0 Å². The van der Waals surface area contributed by atoms with Gasteiger partial charge in [0.1, 0.15) is 5.01 Å². The van der Waals surface area contributed by atoms with Gasteiger partial charge < -0.3 is 10.6 Å². The summed E-state index contributed by atoms with van der Waals surface area (Å²) < 4.78 is 24.4. The molecule has 0 atom stereocenters. The minimum Gasteiger partial charge on any atom is -0.355 e. The number of sulfone groups is 1. The lowest BCUT2D eigenvalue weighted by Crippen LogP contribution is -2.39. The number of aromatic nitrogens is 1. The van der Waals surface area contributed by atoms with E-state index in [0.29, 0.717) is 17.4 Å². The highest BCUT2D eigenvalue weighted by Gasteiger charge is 2.13. The number of hydrogen-bond donors (Lipinski definition) is 2. The molecule has 6 nitrogen and oxygen atoms in total. The molecule has 0 saturated carbocycles. The van der Waals surface area contributed by atoms with Crippen LogP contribution in [0.5, 0.6) is 0 Å². The summed E-state index contributed by atoms with van der Waals surface area (Å²) in [5, 5.41) is 7.14. The highest BCUT2D eigenvalue weighted by Crippen LogP contribution is 2.15. The molecule has 9 heteroatoms. The first-order chi connectivity index (χ1) is 11.4. The topological polar surface area (TPSA) is 83.5 Å². The molecule has 0 aliphatic rings. The number of hydrogen-bond acceptors (Lipinski definition) is 5. The molecule has 1 aromatic carbocycles. The Labute approximate surface area is 170 Å². The summed E-state index contributed by atoms with van der Waals surface area (Å²) in [5.41, 5.74) is 1.04. The molecule has 1 aromatic heterocycles. The maximum atomic E-state index is 12.2. The summed E-state index contributed by atoms with van der Waals surface area (Å²) in [4.78, 5) is 10.1. The lowest BCUT2D eigenvalue weighted by molar-refractivity contribution is 0.594. The van der Waals surface area contributed by atoms with Gasteiger partial charge in [0.15, 0.2) is 15.8 Å². The molecule has 2 rings (SSSR count). The minimum absolute atomic E-state index is 0. The fourth-order valence-corrected chi connectivity index (χ4v) is 4.10.